The van der Waals surface area contributed by atoms with Crippen LogP contribution in [0.1, 0.15) is 30.0 Å². The molecule has 0 radical (unpaired) electrons. The van der Waals surface area contributed by atoms with Crippen LogP contribution in [0.25, 0.3) is 0 Å². The molecular weight excluding hydrogens is 286 g/mol. The van der Waals surface area contributed by atoms with Gasteiger partial charge in [0.2, 0.25) is 0 Å². The summed E-state index contributed by atoms with van der Waals surface area (Å²) in [5, 5.41) is 14.8. The maximum absolute atomic E-state index is 13.6. The molecule has 0 aliphatic heterocycles. The molecule has 2 rings (SSSR count). The number of halogens is 3. The molecule has 1 N–H and O–H groups in total. The molecular formula is C14H15ClF2N2O. The molecule has 1 aromatic heterocycles. The maximum Gasteiger partial charge on any atom is 0.129 e. The van der Waals surface area contributed by atoms with Gasteiger partial charge in [-0.05, 0) is 24.6 Å². The monoisotopic (exact) mass is 300 g/mol. The Morgan fingerprint density at radius 2 is 2.10 bits per heavy atom. The van der Waals surface area contributed by atoms with Crippen LogP contribution >= 0.6 is 11.6 Å². The zero-order valence-corrected chi connectivity index (χ0v) is 12.0. The van der Waals surface area contributed by atoms with Crippen LogP contribution in [0.3, 0.4) is 0 Å². The predicted octanol–water partition coefficient (Wildman–Crippen LogP) is 3.19. The average Bonchev–Trinajstić information content (AvgIpc) is 2.68. The first-order valence-electron chi connectivity index (χ1n) is 6.27. The number of aliphatic hydroxyl groups excluding tert-OH is 1. The molecule has 0 aliphatic carbocycles. The molecule has 1 aromatic carbocycles. The minimum atomic E-state index is -1.18. The van der Waals surface area contributed by atoms with Crippen LogP contribution in [0.2, 0.25) is 5.02 Å². The molecule has 1 heterocycles. The predicted molar refractivity (Wildman–Crippen MR) is 72.6 cm³/mol. The Morgan fingerprint density at radius 3 is 2.70 bits per heavy atom. The third-order valence-electron chi connectivity index (χ3n) is 3.21. The standard InChI is InChI=1S/C14H15ClF2N2O/c1-3-11-14(15)12(19(2)18-11)7-13(20)9-6-8(16)4-5-10(9)17/h4-6,13,20H,3,7H2,1-2H3. The minimum Gasteiger partial charge on any atom is -0.388 e. The van der Waals surface area contributed by atoms with Crippen molar-refractivity contribution in [1.82, 2.24) is 9.78 Å². The molecule has 1 unspecified atom stereocenters. The zero-order valence-electron chi connectivity index (χ0n) is 11.2. The first kappa shape index (κ1) is 14.9. The van der Waals surface area contributed by atoms with Gasteiger partial charge in [-0.15, -0.1) is 0 Å². The highest BCUT2D eigenvalue weighted by Gasteiger charge is 2.20. The van der Waals surface area contributed by atoms with Gasteiger partial charge < -0.3 is 5.11 Å². The fourth-order valence-electron chi connectivity index (χ4n) is 2.10. The minimum absolute atomic E-state index is 0.0721. The second-order valence-electron chi connectivity index (χ2n) is 4.57. The fraction of sp³-hybridized carbons (Fsp3) is 0.357. The van der Waals surface area contributed by atoms with E-state index in [0.717, 1.165) is 23.9 Å². The Morgan fingerprint density at radius 1 is 1.40 bits per heavy atom. The Balaban J connectivity index is 2.30. The molecule has 6 heteroatoms. The van der Waals surface area contributed by atoms with Crippen LogP contribution in [0.15, 0.2) is 18.2 Å². The van der Waals surface area contributed by atoms with E-state index < -0.39 is 17.7 Å². The molecule has 0 saturated heterocycles. The smallest absolute Gasteiger partial charge is 0.129 e. The van der Waals surface area contributed by atoms with Crippen LogP contribution in [-0.4, -0.2) is 14.9 Å². The van der Waals surface area contributed by atoms with Gasteiger partial charge in [-0.3, -0.25) is 4.68 Å². The van der Waals surface area contributed by atoms with E-state index in [9.17, 15) is 13.9 Å². The molecule has 0 fully saturated rings. The van der Waals surface area contributed by atoms with E-state index in [-0.39, 0.29) is 12.0 Å². The van der Waals surface area contributed by atoms with Gasteiger partial charge in [0, 0.05) is 19.0 Å². The third-order valence-corrected chi connectivity index (χ3v) is 3.64. The summed E-state index contributed by atoms with van der Waals surface area (Å²) < 4.78 is 28.3. The first-order valence-corrected chi connectivity index (χ1v) is 6.65. The average molecular weight is 301 g/mol. The molecule has 1 atom stereocenters. The summed E-state index contributed by atoms with van der Waals surface area (Å²) in [7, 11) is 1.70. The Bertz CT molecular complexity index is 628. The van der Waals surface area contributed by atoms with Gasteiger partial charge >= 0.3 is 0 Å². The van der Waals surface area contributed by atoms with Crippen molar-refractivity contribution in [3.05, 3.63) is 51.8 Å². The number of hydrogen-bond donors (Lipinski definition) is 1. The summed E-state index contributed by atoms with van der Waals surface area (Å²) in [6.45, 7) is 1.92. The van der Waals surface area contributed by atoms with Crippen LogP contribution in [0, 0.1) is 11.6 Å². The molecule has 3 nitrogen and oxygen atoms in total. The largest absolute Gasteiger partial charge is 0.388 e. The number of benzene rings is 1. The highest BCUT2D eigenvalue weighted by Crippen LogP contribution is 2.27. The van der Waals surface area contributed by atoms with Crippen molar-refractivity contribution in [3.63, 3.8) is 0 Å². The van der Waals surface area contributed by atoms with E-state index in [2.05, 4.69) is 5.10 Å². The highest BCUT2D eigenvalue weighted by atomic mass is 35.5. The van der Waals surface area contributed by atoms with Gasteiger partial charge in [0.05, 0.1) is 22.5 Å². The fourth-order valence-corrected chi connectivity index (χ4v) is 2.48. The van der Waals surface area contributed by atoms with E-state index in [1.165, 1.54) is 0 Å². The van der Waals surface area contributed by atoms with Gasteiger partial charge in [0.1, 0.15) is 11.6 Å². The summed E-state index contributed by atoms with van der Waals surface area (Å²) in [5.74, 6) is -1.24. The summed E-state index contributed by atoms with van der Waals surface area (Å²) >= 11 is 6.17. The Labute approximate surface area is 120 Å². The quantitative estimate of drug-likeness (QED) is 0.941. The second kappa shape index (κ2) is 5.89. The van der Waals surface area contributed by atoms with E-state index >= 15 is 0 Å². The number of hydrogen-bond acceptors (Lipinski definition) is 2. The van der Waals surface area contributed by atoms with E-state index in [1.54, 1.807) is 11.7 Å². The number of aromatic nitrogens is 2. The molecule has 0 amide bonds. The SMILES string of the molecule is CCc1nn(C)c(CC(O)c2cc(F)ccc2F)c1Cl. The lowest BCUT2D eigenvalue weighted by Crippen LogP contribution is -2.09. The van der Waals surface area contributed by atoms with Gasteiger partial charge in [-0.25, -0.2) is 8.78 Å². The van der Waals surface area contributed by atoms with Gasteiger partial charge in [0.15, 0.2) is 0 Å². The van der Waals surface area contributed by atoms with Crippen molar-refractivity contribution in [2.24, 2.45) is 7.05 Å². The number of nitrogens with zero attached hydrogens (tertiary/aromatic N) is 2. The lowest BCUT2D eigenvalue weighted by Gasteiger charge is -2.12. The molecule has 0 spiro atoms. The number of aliphatic hydroxyl groups is 1. The third kappa shape index (κ3) is 2.83. The number of rotatable bonds is 4. The van der Waals surface area contributed by atoms with E-state index in [0.29, 0.717) is 17.1 Å². The maximum atomic E-state index is 13.6. The van der Waals surface area contributed by atoms with Crippen LogP contribution in [-0.2, 0) is 19.9 Å². The van der Waals surface area contributed by atoms with E-state index in [1.807, 2.05) is 6.92 Å². The molecule has 0 saturated carbocycles. The summed E-state index contributed by atoms with van der Waals surface area (Å²) in [6, 6.07) is 3.00. The van der Waals surface area contributed by atoms with Crippen LogP contribution in [0.4, 0.5) is 8.78 Å². The second-order valence-corrected chi connectivity index (χ2v) is 4.95. The summed E-state index contributed by atoms with van der Waals surface area (Å²) in [6.07, 6.45) is -0.442. The highest BCUT2D eigenvalue weighted by molar-refractivity contribution is 6.31. The van der Waals surface area contributed by atoms with E-state index in [4.69, 9.17) is 11.6 Å². The zero-order chi connectivity index (χ0) is 14.9. The van der Waals surface area contributed by atoms with Gasteiger partial charge in [-0.1, -0.05) is 18.5 Å². The van der Waals surface area contributed by atoms with Gasteiger partial charge in [0.25, 0.3) is 0 Å². The van der Waals surface area contributed by atoms with Crippen molar-refractivity contribution in [2.45, 2.75) is 25.9 Å². The molecule has 20 heavy (non-hydrogen) atoms. The van der Waals surface area contributed by atoms with Crippen LogP contribution in [0.5, 0.6) is 0 Å². The Kier molecular flexibility index (Phi) is 4.40. The lowest BCUT2D eigenvalue weighted by atomic mass is 10.0. The topological polar surface area (TPSA) is 38.0 Å². The van der Waals surface area contributed by atoms with Gasteiger partial charge in [-0.2, -0.15) is 5.10 Å². The van der Waals surface area contributed by atoms with Crippen LogP contribution < -0.4 is 0 Å². The summed E-state index contributed by atoms with van der Waals surface area (Å²) in [4.78, 5) is 0. The lowest BCUT2D eigenvalue weighted by molar-refractivity contribution is 0.170. The molecule has 0 aliphatic rings. The molecule has 2 aromatic rings. The molecule has 108 valence electrons. The van der Waals surface area contributed by atoms with Crippen molar-refractivity contribution < 1.29 is 13.9 Å². The first-order chi connectivity index (χ1) is 9.43. The number of aryl methyl sites for hydroxylation is 2. The summed E-state index contributed by atoms with van der Waals surface area (Å²) in [5.41, 5.74) is 1.23. The van der Waals surface area contributed by atoms with Crippen molar-refractivity contribution >= 4 is 11.6 Å². The van der Waals surface area contributed by atoms with Crippen molar-refractivity contribution in [1.29, 1.82) is 0 Å². The van der Waals surface area contributed by atoms with Crippen molar-refractivity contribution in [2.75, 3.05) is 0 Å². The normalized spacial score (nSPS) is 12.7. The molecule has 0 bridgehead atoms. The van der Waals surface area contributed by atoms with Crippen molar-refractivity contribution in [3.8, 4) is 0 Å². The Hall–Kier alpha value is -1.46.